The Labute approximate surface area is 106 Å². The van der Waals surface area contributed by atoms with Gasteiger partial charge in [0.25, 0.3) is 0 Å². The van der Waals surface area contributed by atoms with Gasteiger partial charge in [-0.2, -0.15) is 5.10 Å². The fourth-order valence-electron chi connectivity index (χ4n) is 2.58. The minimum atomic E-state index is 0.257. The summed E-state index contributed by atoms with van der Waals surface area (Å²) in [5, 5.41) is 17.7. The van der Waals surface area contributed by atoms with E-state index < -0.39 is 0 Å². The Balaban J connectivity index is 1.82. The van der Waals surface area contributed by atoms with E-state index in [4.69, 9.17) is 0 Å². The second-order valence-electron chi connectivity index (χ2n) is 4.64. The quantitative estimate of drug-likeness (QED) is 0.871. The number of hydrogen-bond donors (Lipinski definition) is 2. The van der Waals surface area contributed by atoms with Crippen molar-refractivity contribution in [3.8, 4) is 5.75 Å². The van der Waals surface area contributed by atoms with E-state index in [1.54, 1.807) is 6.07 Å². The highest BCUT2D eigenvalue weighted by Crippen LogP contribution is 2.37. The lowest BCUT2D eigenvalue weighted by Crippen LogP contribution is -2.08. The van der Waals surface area contributed by atoms with Gasteiger partial charge in [-0.1, -0.05) is 12.1 Å². The van der Waals surface area contributed by atoms with Gasteiger partial charge in [0.1, 0.15) is 11.6 Å². The van der Waals surface area contributed by atoms with Gasteiger partial charge in [0, 0.05) is 18.8 Å². The highest BCUT2D eigenvalue weighted by Gasteiger charge is 2.24. The maximum absolute atomic E-state index is 9.81. The minimum Gasteiger partial charge on any atom is -0.508 e. The number of nitrogens with one attached hydrogen (secondary N) is 1. The number of anilines is 1. The van der Waals surface area contributed by atoms with E-state index in [1.807, 2.05) is 23.0 Å². The predicted octanol–water partition coefficient (Wildman–Crippen LogP) is 2.71. The molecule has 1 aliphatic carbocycles. The lowest BCUT2D eigenvalue weighted by Gasteiger charge is -2.13. The molecule has 0 radical (unpaired) electrons. The van der Waals surface area contributed by atoms with Crippen molar-refractivity contribution in [1.29, 1.82) is 0 Å². The van der Waals surface area contributed by atoms with Crippen LogP contribution in [0.4, 0.5) is 5.82 Å². The number of aromatic hydroxyl groups is 1. The number of phenols is 1. The van der Waals surface area contributed by atoms with E-state index >= 15 is 0 Å². The summed E-state index contributed by atoms with van der Waals surface area (Å²) in [4.78, 5) is 0. The van der Waals surface area contributed by atoms with Crippen LogP contribution in [0.1, 0.15) is 30.5 Å². The van der Waals surface area contributed by atoms with Crippen molar-refractivity contribution in [3.05, 3.63) is 41.6 Å². The van der Waals surface area contributed by atoms with Gasteiger partial charge in [-0.3, -0.25) is 4.68 Å². The first kappa shape index (κ1) is 11.1. The van der Waals surface area contributed by atoms with Gasteiger partial charge >= 0.3 is 0 Å². The van der Waals surface area contributed by atoms with Crippen LogP contribution < -0.4 is 5.32 Å². The molecule has 4 heteroatoms. The number of nitrogens with zero attached hydrogens (tertiary/aromatic N) is 2. The Morgan fingerprint density at radius 1 is 1.44 bits per heavy atom. The van der Waals surface area contributed by atoms with Gasteiger partial charge in [-0.15, -0.1) is 0 Å². The number of aromatic nitrogens is 2. The topological polar surface area (TPSA) is 50.1 Å². The molecular weight excluding hydrogens is 226 g/mol. The van der Waals surface area contributed by atoms with Crippen LogP contribution in [0.3, 0.4) is 0 Å². The molecule has 0 saturated heterocycles. The monoisotopic (exact) mass is 243 g/mol. The van der Waals surface area contributed by atoms with Crippen molar-refractivity contribution in [2.45, 2.75) is 32.4 Å². The fraction of sp³-hybridized carbons (Fsp3) is 0.357. The Bertz CT molecular complexity index is 562. The number of aryl methyl sites for hydroxylation is 1. The maximum atomic E-state index is 9.81. The van der Waals surface area contributed by atoms with Crippen LogP contribution in [0.5, 0.6) is 5.75 Å². The van der Waals surface area contributed by atoms with Crippen LogP contribution >= 0.6 is 0 Å². The van der Waals surface area contributed by atoms with E-state index in [2.05, 4.69) is 23.4 Å². The zero-order chi connectivity index (χ0) is 12.5. The molecule has 3 rings (SSSR count). The van der Waals surface area contributed by atoms with Gasteiger partial charge in [0.2, 0.25) is 0 Å². The normalized spacial score (nSPS) is 17.7. The van der Waals surface area contributed by atoms with Crippen molar-refractivity contribution in [2.75, 3.05) is 5.32 Å². The molecule has 1 aromatic heterocycles. The first-order valence-electron chi connectivity index (χ1n) is 6.38. The lowest BCUT2D eigenvalue weighted by atomic mass is 10.1. The summed E-state index contributed by atoms with van der Waals surface area (Å²) in [5.41, 5.74) is 2.27. The van der Waals surface area contributed by atoms with Crippen LogP contribution in [-0.2, 0) is 13.0 Å². The molecule has 0 saturated carbocycles. The zero-order valence-corrected chi connectivity index (χ0v) is 10.4. The Kier molecular flexibility index (Phi) is 2.70. The third-order valence-electron chi connectivity index (χ3n) is 3.53. The number of benzene rings is 1. The Hall–Kier alpha value is -1.97. The SMILES string of the molecule is CCn1ccc(NC2CCc3c(O)cccc32)n1. The van der Waals surface area contributed by atoms with Crippen molar-refractivity contribution in [2.24, 2.45) is 0 Å². The Morgan fingerprint density at radius 2 is 2.33 bits per heavy atom. The largest absolute Gasteiger partial charge is 0.508 e. The molecule has 1 aliphatic rings. The van der Waals surface area contributed by atoms with E-state index in [0.717, 1.165) is 30.8 Å². The summed E-state index contributed by atoms with van der Waals surface area (Å²) < 4.78 is 1.90. The van der Waals surface area contributed by atoms with E-state index in [-0.39, 0.29) is 6.04 Å². The molecule has 94 valence electrons. The molecule has 1 aromatic carbocycles. The van der Waals surface area contributed by atoms with Crippen LogP contribution in [0.15, 0.2) is 30.5 Å². The lowest BCUT2D eigenvalue weighted by molar-refractivity contribution is 0.469. The standard InChI is InChI=1S/C14H17N3O/c1-2-17-9-8-14(16-17)15-12-7-6-11-10(12)4-3-5-13(11)18/h3-5,8-9,12,18H,2,6-7H2,1H3,(H,15,16). The molecule has 1 unspecified atom stereocenters. The summed E-state index contributed by atoms with van der Waals surface area (Å²) in [6.07, 6.45) is 3.90. The molecule has 1 atom stereocenters. The summed E-state index contributed by atoms with van der Waals surface area (Å²) >= 11 is 0. The number of hydrogen-bond acceptors (Lipinski definition) is 3. The molecular formula is C14H17N3O. The predicted molar refractivity (Wildman–Crippen MR) is 70.7 cm³/mol. The molecule has 0 fully saturated rings. The minimum absolute atomic E-state index is 0.257. The van der Waals surface area contributed by atoms with E-state index in [1.165, 1.54) is 5.56 Å². The van der Waals surface area contributed by atoms with Crippen molar-refractivity contribution >= 4 is 5.82 Å². The summed E-state index contributed by atoms with van der Waals surface area (Å²) in [6, 6.07) is 7.99. The van der Waals surface area contributed by atoms with Crippen LogP contribution in [0, 0.1) is 0 Å². The fourth-order valence-corrected chi connectivity index (χ4v) is 2.58. The highest BCUT2D eigenvalue weighted by atomic mass is 16.3. The first-order valence-corrected chi connectivity index (χ1v) is 6.38. The number of fused-ring (bicyclic) bond motifs is 1. The molecule has 0 aliphatic heterocycles. The molecule has 0 spiro atoms. The van der Waals surface area contributed by atoms with Gasteiger partial charge in [0.15, 0.2) is 0 Å². The third-order valence-corrected chi connectivity index (χ3v) is 3.53. The van der Waals surface area contributed by atoms with Gasteiger partial charge in [0.05, 0.1) is 6.04 Å². The Morgan fingerprint density at radius 3 is 3.11 bits per heavy atom. The zero-order valence-electron chi connectivity index (χ0n) is 10.4. The van der Waals surface area contributed by atoms with E-state index in [9.17, 15) is 5.11 Å². The second-order valence-corrected chi connectivity index (χ2v) is 4.64. The number of rotatable bonds is 3. The van der Waals surface area contributed by atoms with Gasteiger partial charge < -0.3 is 10.4 Å². The van der Waals surface area contributed by atoms with Crippen molar-refractivity contribution < 1.29 is 5.11 Å². The van der Waals surface area contributed by atoms with Crippen molar-refractivity contribution in [3.63, 3.8) is 0 Å². The summed E-state index contributed by atoms with van der Waals surface area (Å²) in [6.45, 7) is 2.95. The van der Waals surface area contributed by atoms with Crippen LogP contribution in [0.2, 0.25) is 0 Å². The second kappa shape index (κ2) is 4.37. The van der Waals surface area contributed by atoms with E-state index in [0.29, 0.717) is 5.75 Å². The molecule has 0 bridgehead atoms. The smallest absolute Gasteiger partial charge is 0.148 e. The summed E-state index contributed by atoms with van der Waals surface area (Å²) in [5.74, 6) is 1.31. The van der Waals surface area contributed by atoms with Crippen LogP contribution in [-0.4, -0.2) is 14.9 Å². The molecule has 0 amide bonds. The number of phenolic OH excluding ortho intramolecular Hbond substituents is 1. The molecule has 1 heterocycles. The van der Waals surface area contributed by atoms with Gasteiger partial charge in [-0.25, -0.2) is 0 Å². The average Bonchev–Trinajstić information content (AvgIpc) is 2.98. The molecule has 2 N–H and O–H groups in total. The summed E-state index contributed by atoms with van der Waals surface area (Å²) in [7, 11) is 0. The highest BCUT2D eigenvalue weighted by molar-refractivity contribution is 5.48. The van der Waals surface area contributed by atoms with Gasteiger partial charge in [-0.05, 0) is 37.0 Å². The first-order chi connectivity index (χ1) is 8.78. The molecule has 2 aromatic rings. The third kappa shape index (κ3) is 1.83. The molecule has 18 heavy (non-hydrogen) atoms. The maximum Gasteiger partial charge on any atom is 0.148 e. The van der Waals surface area contributed by atoms with Crippen LogP contribution in [0.25, 0.3) is 0 Å². The van der Waals surface area contributed by atoms with Crippen molar-refractivity contribution in [1.82, 2.24) is 9.78 Å². The average molecular weight is 243 g/mol. The molecule has 4 nitrogen and oxygen atoms in total.